The van der Waals surface area contributed by atoms with Crippen molar-refractivity contribution in [1.29, 1.82) is 0 Å². The fourth-order valence-corrected chi connectivity index (χ4v) is 3.47. The monoisotopic (exact) mass is 384 g/mol. The summed E-state index contributed by atoms with van der Waals surface area (Å²) in [4.78, 5) is 27.6. The molecule has 0 radical (unpaired) electrons. The summed E-state index contributed by atoms with van der Waals surface area (Å²) < 4.78 is 1.53. The molecule has 2 N–H and O–H groups in total. The van der Waals surface area contributed by atoms with E-state index >= 15 is 0 Å². The minimum Gasteiger partial charge on any atom is -0.325 e. The number of rotatable bonds is 5. The Morgan fingerprint density at radius 3 is 2.67 bits per heavy atom. The molecule has 3 aromatic rings. The second-order valence-electron chi connectivity index (χ2n) is 6.18. The van der Waals surface area contributed by atoms with E-state index in [1.807, 2.05) is 45.0 Å². The van der Waals surface area contributed by atoms with Crippen LogP contribution in [0.15, 0.2) is 34.0 Å². The molecule has 0 aliphatic carbocycles. The molecular weight excluding hydrogens is 364 g/mol. The van der Waals surface area contributed by atoms with Crippen LogP contribution in [0.3, 0.4) is 0 Å². The number of anilines is 1. The minimum absolute atomic E-state index is 0.0966. The first-order valence-electron chi connectivity index (χ1n) is 8.34. The van der Waals surface area contributed by atoms with Crippen LogP contribution in [-0.2, 0) is 4.79 Å². The standard InChI is InChI=1S/C18H20N6O2S/c1-10-6-5-7-14(8-10)19-15(25)9-27-16-11(2)23-24(13(16)4)18-20-17(26)12(3)21-22-18/h5-8H,9H2,1-4H3,(H,19,25)(H,20,22,26). The largest absolute Gasteiger partial charge is 0.325 e. The molecule has 0 spiro atoms. The van der Waals surface area contributed by atoms with E-state index in [1.54, 1.807) is 6.92 Å². The predicted molar refractivity (Wildman–Crippen MR) is 105 cm³/mol. The second-order valence-corrected chi connectivity index (χ2v) is 7.17. The lowest BCUT2D eigenvalue weighted by atomic mass is 10.2. The summed E-state index contributed by atoms with van der Waals surface area (Å²) in [6.45, 7) is 7.28. The van der Waals surface area contributed by atoms with Crippen LogP contribution >= 0.6 is 11.8 Å². The summed E-state index contributed by atoms with van der Waals surface area (Å²) in [5, 5.41) is 15.1. The Labute approximate surface area is 160 Å². The summed E-state index contributed by atoms with van der Waals surface area (Å²) in [5.74, 6) is 0.403. The highest BCUT2D eigenvalue weighted by Gasteiger charge is 2.16. The third-order valence-corrected chi connectivity index (χ3v) is 5.21. The number of thioether (sulfide) groups is 1. The van der Waals surface area contributed by atoms with Crippen LogP contribution in [0.25, 0.3) is 5.95 Å². The number of amides is 1. The molecular formula is C18H20N6O2S. The lowest BCUT2D eigenvalue weighted by Crippen LogP contribution is -2.18. The molecule has 0 saturated heterocycles. The van der Waals surface area contributed by atoms with Crippen molar-refractivity contribution in [3.05, 3.63) is 57.3 Å². The van der Waals surface area contributed by atoms with Gasteiger partial charge in [0.25, 0.3) is 11.5 Å². The number of carbonyl (C=O) groups excluding carboxylic acids is 1. The number of H-pyrrole nitrogens is 1. The molecule has 0 fully saturated rings. The number of aryl methyl sites for hydroxylation is 3. The first kappa shape index (κ1) is 18.8. The van der Waals surface area contributed by atoms with Gasteiger partial charge in [0.1, 0.15) is 5.69 Å². The summed E-state index contributed by atoms with van der Waals surface area (Å²) in [6.07, 6.45) is 0. The van der Waals surface area contributed by atoms with E-state index in [0.717, 1.165) is 27.5 Å². The van der Waals surface area contributed by atoms with E-state index in [0.29, 0.717) is 5.69 Å². The highest BCUT2D eigenvalue weighted by atomic mass is 32.2. The summed E-state index contributed by atoms with van der Waals surface area (Å²) in [6, 6.07) is 7.66. The van der Waals surface area contributed by atoms with Crippen molar-refractivity contribution in [3.8, 4) is 5.95 Å². The zero-order valence-corrected chi connectivity index (χ0v) is 16.3. The normalized spacial score (nSPS) is 10.8. The Hall–Kier alpha value is -2.94. The molecule has 0 bridgehead atoms. The lowest BCUT2D eigenvalue weighted by molar-refractivity contribution is -0.113. The van der Waals surface area contributed by atoms with Crippen molar-refractivity contribution >= 4 is 23.4 Å². The molecule has 27 heavy (non-hydrogen) atoms. The number of carbonyl (C=O) groups is 1. The Morgan fingerprint density at radius 2 is 1.96 bits per heavy atom. The van der Waals surface area contributed by atoms with Crippen molar-refractivity contribution < 1.29 is 4.79 Å². The highest BCUT2D eigenvalue weighted by Crippen LogP contribution is 2.27. The van der Waals surface area contributed by atoms with Crippen molar-refractivity contribution in [3.63, 3.8) is 0 Å². The van der Waals surface area contributed by atoms with Crippen LogP contribution in [0.5, 0.6) is 0 Å². The quantitative estimate of drug-likeness (QED) is 0.654. The molecule has 0 aliphatic rings. The zero-order chi connectivity index (χ0) is 19.6. The average Bonchev–Trinajstić information content (AvgIpc) is 2.90. The second kappa shape index (κ2) is 7.75. The van der Waals surface area contributed by atoms with Gasteiger partial charge in [0, 0.05) is 5.69 Å². The number of nitrogens with one attached hydrogen (secondary N) is 2. The maximum absolute atomic E-state index is 12.2. The number of nitrogens with zero attached hydrogens (tertiary/aromatic N) is 4. The molecule has 8 nitrogen and oxygen atoms in total. The van der Waals surface area contributed by atoms with E-state index in [9.17, 15) is 9.59 Å². The van der Waals surface area contributed by atoms with E-state index in [4.69, 9.17) is 0 Å². The number of hydrogen-bond acceptors (Lipinski definition) is 6. The van der Waals surface area contributed by atoms with Crippen molar-refractivity contribution in [2.75, 3.05) is 11.1 Å². The van der Waals surface area contributed by atoms with Crippen LogP contribution in [0.4, 0.5) is 5.69 Å². The number of aromatic nitrogens is 5. The molecule has 0 saturated carbocycles. The van der Waals surface area contributed by atoms with Gasteiger partial charge in [-0.1, -0.05) is 12.1 Å². The van der Waals surface area contributed by atoms with Gasteiger partial charge in [0.2, 0.25) is 5.91 Å². The van der Waals surface area contributed by atoms with Gasteiger partial charge in [-0.2, -0.15) is 5.10 Å². The van der Waals surface area contributed by atoms with Gasteiger partial charge in [-0.15, -0.1) is 22.0 Å². The smallest absolute Gasteiger partial charge is 0.274 e. The van der Waals surface area contributed by atoms with Gasteiger partial charge in [0.05, 0.1) is 22.0 Å². The van der Waals surface area contributed by atoms with Crippen LogP contribution < -0.4 is 10.9 Å². The topological polar surface area (TPSA) is 106 Å². The van der Waals surface area contributed by atoms with Gasteiger partial charge < -0.3 is 5.32 Å². The van der Waals surface area contributed by atoms with Gasteiger partial charge >= 0.3 is 0 Å². The number of benzene rings is 1. The fourth-order valence-electron chi connectivity index (χ4n) is 2.58. The van der Waals surface area contributed by atoms with Crippen molar-refractivity contribution in [2.24, 2.45) is 0 Å². The van der Waals surface area contributed by atoms with Crippen molar-refractivity contribution in [2.45, 2.75) is 32.6 Å². The number of hydrogen-bond donors (Lipinski definition) is 2. The van der Waals surface area contributed by atoms with Crippen LogP contribution in [-0.4, -0.2) is 36.6 Å². The maximum Gasteiger partial charge on any atom is 0.274 e. The highest BCUT2D eigenvalue weighted by molar-refractivity contribution is 8.00. The van der Waals surface area contributed by atoms with E-state index < -0.39 is 0 Å². The summed E-state index contributed by atoms with van der Waals surface area (Å²) in [7, 11) is 0. The predicted octanol–water partition coefficient (Wildman–Crippen LogP) is 2.32. The van der Waals surface area contributed by atoms with Gasteiger partial charge in [-0.05, 0) is 45.4 Å². The Bertz CT molecular complexity index is 1060. The fraction of sp³-hybridized carbons (Fsp3) is 0.278. The molecule has 3 rings (SSSR count). The first-order valence-corrected chi connectivity index (χ1v) is 9.33. The third-order valence-electron chi connectivity index (χ3n) is 3.92. The van der Waals surface area contributed by atoms with Crippen molar-refractivity contribution in [1.82, 2.24) is 25.0 Å². The van der Waals surface area contributed by atoms with Gasteiger partial charge in [-0.3, -0.25) is 14.6 Å². The molecule has 2 aromatic heterocycles. The SMILES string of the molecule is Cc1cccc(NC(=O)CSc2c(C)nn(-c3nnc(C)c(=O)[nH]3)c2C)c1. The van der Waals surface area contributed by atoms with Crippen LogP contribution in [0.2, 0.25) is 0 Å². The molecule has 9 heteroatoms. The summed E-state index contributed by atoms with van der Waals surface area (Å²) in [5.41, 5.74) is 3.39. The third kappa shape index (κ3) is 4.25. The molecule has 0 atom stereocenters. The zero-order valence-electron chi connectivity index (χ0n) is 15.5. The molecule has 0 aliphatic heterocycles. The van der Waals surface area contributed by atoms with Crippen LogP contribution in [0.1, 0.15) is 22.6 Å². The average molecular weight is 384 g/mol. The van der Waals surface area contributed by atoms with Gasteiger partial charge in [-0.25, -0.2) is 4.68 Å². The first-order chi connectivity index (χ1) is 12.8. The minimum atomic E-state index is -0.306. The Kier molecular flexibility index (Phi) is 5.41. The maximum atomic E-state index is 12.2. The van der Waals surface area contributed by atoms with E-state index in [1.165, 1.54) is 16.4 Å². The van der Waals surface area contributed by atoms with Gasteiger partial charge in [0.15, 0.2) is 0 Å². The van der Waals surface area contributed by atoms with E-state index in [-0.39, 0.29) is 23.2 Å². The lowest BCUT2D eigenvalue weighted by Gasteiger charge is -2.06. The van der Waals surface area contributed by atoms with E-state index in [2.05, 4.69) is 25.6 Å². The molecule has 1 amide bonds. The Morgan fingerprint density at radius 1 is 1.19 bits per heavy atom. The van der Waals surface area contributed by atoms with Crippen LogP contribution in [0, 0.1) is 27.7 Å². The molecule has 2 heterocycles. The molecule has 1 aromatic carbocycles. The number of aromatic amines is 1. The molecule has 0 unspecified atom stereocenters. The molecule has 140 valence electrons. The summed E-state index contributed by atoms with van der Waals surface area (Å²) >= 11 is 1.39. The Balaban J connectivity index is 1.74.